The van der Waals surface area contributed by atoms with Crippen molar-refractivity contribution >= 4 is 5.97 Å². The number of esters is 1. The number of carbonyl (C=O) groups excluding carboxylic acids is 1. The molecule has 0 aliphatic carbocycles. The van der Waals surface area contributed by atoms with Crippen LogP contribution in [-0.4, -0.2) is 23.8 Å². The van der Waals surface area contributed by atoms with Gasteiger partial charge in [0.25, 0.3) is 0 Å². The molecule has 0 aliphatic rings. The number of carbonyl (C=O) groups is 1. The molecule has 16 heavy (non-hydrogen) atoms. The second kappa shape index (κ2) is 7.44. The van der Waals surface area contributed by atoms with E-state index in [2.05, 4.69) is 13.5 Å². The van der Waals surface area contributed by atoms with Crippen LogP contribution in [0.4, 0.5) is 0 Å². The molecule has 0 fully saturated rings. The molecule has 0 aromatic carbocycles. The van der Waals surface area contributed by atoms with E-state index in [1.807, 2.05) is 6.92 Å². The quantitative estimate of drug-likeness (QED) is 0.513. The summed E-state index contributed by atoms with van der Waals surface area (Å²) in [5.41, 5.74) is -1.13. The Morgan fingerprint density at radius 2 is 2.12 bits per heavy atom. The molecule has 0 saturated carbocycles. The van der Waals surface area contributed by atoms with Gasteiger partial charge in [-0.3, -0.25) is 4.79 Å². The summed E-state index contributed by atoms with van der Waals surface area (Å²) in [7, 11) is 1.36. The van der Waals surface area contributed by atoms with Crippen molar-refractivity contribution in [1.29, 1.82) is 0 Å². The number of ether oxygens (including phenoxy) is 1. The van der Waals surface area contributed by atoms with Gasteiger partial charge in [0.1, 0.15) is 0 Å². The molecule has 0 saturated heterocycles. The Morgan fingerprint density at radius 1 is 1.50 bits per heavy atom. The minimum Gasteiger partial charge on any atom is -0.469 e. The molecule has 0 bridgehead atoms. The van der Waals surface area contributed by atoms with E-state index in [1.54, 1.807) is 0 Å². The highest BCUT2D eigenvalue weighted by atomic mass is 16.5. The molecule has 0 amide bonds. The number of aliphatic hydroxyl groups is 1. The molecular formula is C13H24O3. The molecule has 0 spiro atoms. The first-order valence-corrected chi connectivity index (χ1v) is 5.99. The Balaban J connectivity index is 4.81. The molecule has 3 nitrogen and oxygen atoms in total. The molecule has 0 radical (unpaired) electrons. The maximum Gasteiger partial charge on any atom is 0.311 e. The van der Waals surface area contributed by atoms with E-state index >= 15 is 0 Å². The molecular weight excluding hydrogens is 204 g/mol. The Kier molecular flexibility index (Phi) is 7.06. The maximum absolute atomic E-state index is 11.7. The van der Waals surface area contributed by atoms with Crippen LogP contribution in [0.3, 0.4) is 0 Å². The fourth-order valence-electron chi connectivity index (χ4n) is 1.94. The highest BCUT2D eigenvalue weighted by Crippen LogP contribution is 2.29. The highest BCUT2D eigenvalue weighted by molar-refractivity contribution is 5.74. The fourth-order valence-corrected chi connectivity index (χ4v) is 1.94. The van der Waals surface area contributed by atoms with Crippen molar-refractivity contribution in [3.05, 3.63) is 12.7 Å². The number of methoxy groups -OCH3 is 1. The van der Waals surface area contributed by atoms with Crippen LogP contribution >= 0.6 is 0 Å². The predicted octanol–water partition coefficient (Wildman–Crippen LogP) is 2.68. The van der Waals surface area contributed by atoms with Gasteiger partial charge in [0, 0.05) is 0 Å². The molecule has 0 aliphatic heterocycles. The van der Waals surface area contributed by atoms with E-state index in [9.17, 15) is 9.90 Å². The lowest BCUT2D eigenvalue weighted by atomic mass is 9.80. The molecule has 2 unspecified atom stereocenters. The summed E-state index contributed by atoms with van der Waals surface area (Å²) in [6, 6.07) is 0. The van der Waals surface area contributed by atoms with Gasteiger partial charge in [-0.25, -0.2) is 0 Å². The molecule has 0 aromatic heterocycles. The van der Waals surface area contributed by atoms with Crippen LogP contribution in [0.5, 0.6) is 0 Å². The van der Waals surface area contributed by atoms with Gasteiger partial charge in [-0.2, -0.15) is 0 Å². The third-order valence-electron chi connectivity index (χ3n) is 2.94. The molecule has 94 valence electrons. The number of unbranched alkanes of at least 4 members (excludes halogenated alkanes) is 1. The first-order chi connectivity index (χ1) is 7.55. The van der Waals surface area contributed by atoms with E-state index < -0.39 is 11.5 Å². The highest BCUT2D eigenvalue weighted by Gasteiger charge is 2.38. The molecule has 3 heteroatoms. The van der Waals surface area contributed by atoms with Crippen LogP contribution in [0.15, 0.2) is 12.7 Å². The van der Waals surface area contributed by atoms with Crippen molar-refractivity contribution in [2.45, 2.75) is 51.6 Å². The summed E-state index contributed by atoms with van der Waals surface area (Å²) in [6.07, 6.45) is 5.37. The molecule has 1 N–H and O–H groups in total. The summed E-state index contributed by atoms with van der Waals surface area (Å²) in [4.78, 5) is 11.7. The van der Waals surface area contributed by atoms with Crippen molar-refractivity contribution in [2.24, 2.45) is 5.92 Å². The van der Waals surface area contributed by atoms with Crippen LogP contribution in [-0.2, 0) is 9.53 Å². The lowest BCUT2D eigenvalue weighted by molar-refractivity contribution is -0.153. The van der Waals surface area contributed by atoms with Crippen LogP contribution in [0, 0.1) is 5.92 Å². The summed E-state index contributed by atoms with van der Waals surface area (Å²) in [6.45, 7) is 7.67. The van der Waals surface area contributed by atoms with Gasteiger partial charge >= 0.3 is 5.97 Å². The van der Waals surface area contributed by atoms with Crippen LogP contribution in [0.2, 0.25) is 0 Å². The first kappa shape index (κ1) is 15.2. The Morgan fingerprint density at radius 3 is 2.50 bits per heavy atom. The van der Waals surface area contributed by atoms with Gasteiger partial charge in [0.2, 0.25) is 0 Å². The van der Waals surface area contributed by atoms with Gasteiger partial charge in [-0.15, -0.1) is 6.58 Å². The lowest BCUT2D eigenvalue weighted by Crippen LogP contribution is -2.41. The Labute approximate surface area is 98.5 Å². The average Bonchev–Trinajstić information content (AvgIpc) is 2.29. The summed E-state index contributed by atoms with van der Waals surface area (Å²) in [5.74, 6) is -0.834. The van der Waals surface area contributed by atoms with Gasteiger partial charge < -0.3 is 9.84 Å². The SMILES string of the molecule is C=CC(O)(CCC)C(CCCC)C(=O)OC. The number of hydrogen-bond donors (Lipinski definition) is 1. The Hall–Kier alpha value is -0.830. The zero-order valence-corrected chi connectivity index (χ0v) is 10.7. The van der Waals surface area contributed by atoms with Crippen molar-refractivity contribution in [1.82, 2.24) is 0 Å². The minimum absolute atomic E-state index is 0.343. The Bertz CT molecular complexity index is 225. The predicted molar refractivity (Wildman–Crippen MR) is 65.1 cm³/mol. The van der Waals surface area contributed by atoms with Gasteiger partial charge in [0.05, 0.1) is 18.6 Å². The average molecular weight is 228 g/mol. The van der Waals surface area contributed by atoms with Crippen LogP contribution in [0.25, 0.3) is 0 Å². The minimum atomic E-state index is -1.13. The molecule has 0 heterocycles. The third-order valence-corrected chi connectivity index (χ3v) is 2.94. The smallest absolute Gasteiger partial charge is 0.311 e. The molecule has 2 atom stereocenters. The second-order valence-corrected chi connectivity index (χ2v) is 4.16. The first-order valence-electron chi connectivity index (χ1n) is 5.99. The van der Waals surface area contributed by atoms with E-state index in [1.165, 1.54) is 13.2 Å². The van der Waals surface area contributed by atoms with Crippen LogP contribution < -0.4 is 0 Å². The number of hydrogen-bond acceptors (Lipinski definition) is 3. The normalized spacial score (nSPS) is 16.2. The zero-order valence-electron chi connectivity index (χ0n) is 10.7. The van der Waals surface area contributed by atoms with Crippen molar-refractivity contribution < 1.29 is 14.6 Å². The standard InChI is InChI=1S/C13H24O3/c1-5-8-9-11(12(14)16-4)13(15,7-3)10-6-2/h7,11,15H,3,5-6,8-10H2,1-2,4H3. The van der Waals surface area contributed by atoms with Gasteiger partial charge in [-0.1, -0.05) is 39.2 Å². The molecule has 0 rings (SSSR count). The van der Waals surface area contributed by atoms with E-state index in [4.69, 9.17) is 4.74 Å². The van der Waals surface area contributed by atoms with Gasteiger partial charge in [0.15, 0.2) is 0 Å². The molecule has 0 aromatic rings. The summed E-state index contributed by atoms with van der Waals surface area (Å²) in [5, 5.41) is 10.4. The second-order valence-electron chi connectivity index (χ2n) is 4.16. The van der Waals surface area contributed by atoms with Crippen molar-refractivity contribution in [3.8, 4) is 0 Å². The maximum atomic E-state index is 11.7. The number of rotatable bonds is 8. The summed E-state index contributed by atoms with van der Waals surface area (Å²) < 4.78 is 4.76. The van der Waals surface area contributed by atoms with E-state index in [0.29, 0.717) is 12.8 Å². The summed E-state index contributed by atoms with van der Waals surface area (Å²) >= 11 is 0. The zero-order chi connectivity index (χ0) is 12.6. The van der Waals surface area contributed by atoms with Crippen molar-refractivity contribution in [2.75, 3.05) is 7.11 Å². The lowest BCUT2D eigenvalue weighted by Gasteiger charge is -2.31. The van der Waals surface area contributed by atoms with Crippen molar-refractivity contribution in [3.63, 3.8) is 0 Å². The third kappa shape index (κ3) is 3.97. The van der Waals surface area contributed by atoms with E-state index in [-0.39, 0.29) is 5.97 Å². The van der Waals surface area contributed by atoms with Gasteiger partial charge in [-0.05, 0) is 12.8 Å². The fraction of sp³-hybridized carbons (Fsp3) is 0.769. The largest absolute Gasteiger partial charge is 0.469 e. The monoisotopic (exact) mass is 228 g/mol. The topological polar surface area (TPSA) is 46.5 Å². The van der Waals surface area contributed by atoms with Crippen LogP contribution in [0.1, 0.15) is 46.0 Å². The van der Waals surface area contributed by atoms with E-state index in [0.717, 1.165) is 19.3 Å².